The van der Waals surface area contributed by atoms with Gasteiger partial charge in [-0.05, 0) is 73.4 Å². The minimum atomic E-state index is -0.416. The lowest BCUT2D eigenvalue weighted by Gasteiger charge is -2.11. The monoisotopic (exact) mass is 503 g/mol. The Morgan fingerprint density at radius 2 is 1.44 bits per heavy atom. The number of esters is 1. The maximum absolute atomic E-state index is 12.4. The second-order valence-corrected chi connectivity index (χ2v) is 8.57. The van der Waals surface area contributed by atoms with Crippen LogP contribution in [0.2, 0.25) is 0 Å². The summed E-state index contributed by atoms with van der Waals surface area (Å²) in [5.74, 6) is -0.984. The van der Waals surface area contributed by atoms with Crippen molar-refractivity contribution in [1.29, 1.82) is 0 Å². The van der Waals surface area contributed by atoms with Gasteiger partial charge in [-0.15, -0.1) is 0 Å². The average molecular weight is 504 g/mol. The maximum Gasteiger partial charge on any atom is 0.306 e. The number of hydrogen-bond donors (Lipinski definition) is 3. The Kier molecular flexibility index (Phi) is 10.1. The van der Waals surface area contributed by atoms with Gasteiger partial charge in [-0.1, -0.05) is 48.5 Å². The van der Waals surface area contributed by atoms with Gasteiger partial charge < -0.3 is 20.7 Å². The quantitative estimate of drug-likeness (QED) is 0.204. The van der Waals surface area contributed by atoms with Crippen LogP contribution in [-0.4, -0.2) is 29.5 Å². The van der Waals surface area contributed by atoms with Crippen molar-refractivity contribution in [2.45, 2.75) is 32.6 Å². The summed E-state index contributed by atoms with van der Waals surface area (Å²) >= 11 is 5.18. The summed E-state index contributed by atoms with van der Waals surface area (Å²) in [6.07, 6.45) is 1.51. The summed E-state index contributed by atoms with van der Waals surface area (Å²) in [5, 5.41) is 8.43. The van der Waals surface area contributed by atoms with Gasteiger partial charge in [0.15, 0.2) is 5.11 Å². The molecule has 3 aromatic rings. The summed E-state index contributed by atoms with van der Waals surface area (Å²) in [6.45, 7) is 2.20. The molecule has 3 rings (SSSR count). The lowest BCUT2D eigenvalue weighted by Crippen LogP contribution is -2.34. The fourth-order valence-corrected chi connectivity index (χ4v) is 3.64. The van der Waals surface area contributed by atoms with Crippen LogP contribution >= 0.6 is 12.2 Å². The molecule has 36 heavy (non-hydrogen) atoms. The normalized spacial score (nSPS) is 10.2. The number of rotatable bonds is 10. The van der Waals surface area contributed by atoms with Crippen LogP contribution in [0.5, 0.6) is 0 Å². The van der Waals surface area contributed by atoms with E-state index in [0.717, 1.165) is 18.4 Å². The molecule has 7 nitrogen and oxygen atoms in total. The van der Waals surface area contributed by atoms with Crippen molar-refractivity contribution >= 4 is 46.5 Å². The summed E-state index contributed by atoms with van der Waals surface area (Å²) < 4.78 is 5.19. The van der Waals surface area contributed by atoms with E-state index in [2.05, 4.69) is 16.0 Å². The van der Waals surface area contributed by atoms with Crippen LogP contribution in [0.3, 0.4) is 0 Å². The Morgan fingerprint density at radius 3 is 2.14 bits per heavy atom. The maximum atomic E-state index is 12.4. The van der Waals surface area contributed by atoms with Gasteiger partial charge >= 0.3 is 5.97 Å². The number of hydrogen-bond acceptors (Lipinski definition) is 5. The zero-order chi connectivity index (χ0) is 25.8. The van der Waals surface area contributed by atoms with Crippen LogP contribution in [0, 0.1) is 6.92 Å². The Labute approximate surface area is 216 Å². The van der Waals surface area contributed by atoms with E-state index in [1.165, 1.54) is 5.56 Å². The Morgan fingerprint density at radius 1 is 0.806 bits per heavy atom. The highest BCUT2D eigenvalue weighted by Crippen LogP contribution is 2.16. The first-order chi connectivity index (χ1) is 17.4. The zero-order valence-electron chi connectivity index (χ0n) is 20.1. The highest BCUT2D eigenvalue weighted by Gasteiger charge is 2.11. The molecule has 0 heterocycles. The van der Waals surface area contributed by atoms with E-state index in [1.54, 1.807) is 30.3 Å². The van der Waals surface area contributed by atoms with Crippen LogP contribution in [0.25, 0.3) is 0 Å². The first kappa shape index (κ1) is 26.6. The molecule has 3 N–H and O–H groups in total. The molecule has 0 saturated carbocycles. The molecule has 0 atom stereocenters. The lowest BCUT2D eigenvalue weighted by molar-refractivity contribution is -0.145. The van der Waals surface area contributed by atoms with Crippen LogP contribution in [-0.2, 0) is 20.7 Å². The SMILES string of the molecule is Cc1ccccc1C(=O)Nc1ccc(NC(=S)NC(=O)CCC(=O)OCCCc2ccccc2)cc1. The van der Waals surface area contributed by atoms with Crippen molar-refractivity contribution in [3.63, 3.8) is 0 Å². The molecular formula is C28H29N3O4S. The van der Waals surface area contributed by atoms with Gasteiger partial charge in [0, 0.05) is 23.4 Å². The van der Waals surface area contributed by atoms with Crippen molar-refractivity contribution in [2.24, 2.45) is 0 Å². The molecule has 0 fully saturated rings. The van der Waals surface area contributed by atoms with Crippen LogP contribution in [0.4, 0.5) is 11.4 Å². The van der Waals surface area contributed by atoms with Crippen LogP contribution in [0.15, 0.2) is 78.9 Å². The minimum Gasteiger partial charge on any atom is -0.466 e. The lowest BCUT2D eigenvalue weighted by atomic mass is 10.1. The van der Waals surface area contributed by atoms with Gasteiger partial charge in [0.25, 0.3) is 5.91 Å². The molecule has 0 spiro atoms. The predicted molar refractivity (Wildman–Crippen MR) is 145 cm³/mol. The van der Waals surface area contributed by atoms with Crippen molar-refractivity contribution < 1.29 is 19.1 Å². The fraction of sp³-hybridized carbons (Fsp3) is 0.214. The summed E-state index contributed by atoms with van der Waals surface area (Å²) in [4.78, 5) is 36.4. The number of carbonyl (C=O) groups excluding carboxylic acids is 3. The van der Waals surface area contributed by atoms with Crippen molar-refractivity contribution in [2.75, 3.05) is 17.2 Å². The second-order valence-electron chi connectivity index (χ2n) is 8.16. The summed E-state index contributed by atoms with van der Waals surface area (Å²) in [7, 11) is 0. The highest BCUT2D eigenvalue weighted by atomic mass is 32.1. The first-order valence-corrected chi connectivity index (χ1v) is 12.1. The molecule has 0 radical (unpaired) electrons. The van der Waals surface area contributed by atoms with Crippen molar-refractivity contribution in [3.05, 3.63) is 95.6 Å². The number of carbonyl (C=O) groups is 3. The third kappa shape index (κ3) is 8.96. The molecule has 0 aliphatic heterocycles. The number of anilines is 2. The molecule has 0 unspecified atom stereocenters. The van der Waals surface area contributed by atoms with E-state index in [9.17, 15) is 14.4 Å². The van der Waals surface area contributed by atoms with Crippen molar-refractivity contribution in [3.8, 4) is 0 Å². The molecule has 0 bridgehead atoms. The van der Waals surface area contributed by atoms with Gasteiger partial charge in [0.1, 0.15) is 0 Å². The van der Waals surface area contributed by atoms with Gasteiger partial charge in [-0.3, -0.25) is 14.4 Å². The smallest absolute Gasteiger partial charge is 0.306 e. The molecular weight excluding hydrogens is 474 g/mol. The molecule has 3 aromatic carbocycles. The van der Waals surface area contributed by atoms with E-state index < -0.39 is 5.97 Å². The second kappa shape index (κ2) is 13.7. The molecule has 2 amide bonds. The largest absolute Gasteiger partial charge is 0.466 e. The third-order valence-electron chi connectivity index (χ3n) is 5.32. The van der Waals surface area contributed by atoms with Gasteiger partial charge in [0.05, 0.1) is 13.0 Å². The number of amides is 2. The van der Waals surface area contributed by atoms with Gasteiger partial charge in [-0.2, -0.15) is 0 Å². The Bertz CT molecular complexity index is 1200. The van der Waals surface area contributed by atoms with Crippen LogP contribution < -0.4 is 16.0 Å². The standard InChI is InChI=1S/C28H29N3O4S/c1-20-8-5-6-12-24(20)27(34)29-22-13-15-23(16-14-22)30-28(36)31-25(32)17-18-26(33)35-19-7-11-21-9-3-2-4-10-21/h2-6,8-10,12-16H,7,11,17-19H2,1H3,(H,29,34)(H2,30,31,32,36). The van der Waals surface area contributed by atoms with Crippen LogP contribution in [0.1, 0.15) is 40.7 Å². The first-order valence-electron chi connectivity index (χ1n) is 11.7. The molecule has 186 valence electrons. The summed E-state index contributed by atoms with van der Waals surface area (Å²) in [5.41, 5.74) is 3.97. The van der Waals surface area contributed by atoms with E-state index in [0.29, 0.717) is 23.5 Å². The number of nitrogens with one attached hydrogen (secondary N) is 3. The molecule has 0 aliphatic rings. The number of aryl methyl sites for hydroxylation is 2. The highest BCUT2D eigenvalue weighted by molar-refractivity contribution is 7.80. The molecule has 0 aromatic heterocycles. The topological polar surface area (TPSA) is 96.5 Å². The molecule has 0 saturated heterocycles. The average Bonchev–Trinajstić information content (AvgIpc) is 2.87. The predicted octanol–water partition coefficient (Wildman–Crippen LogP) is 5.02. The zero-order valence-corrected chi connectivity index (χ0v) is 20.9. The van der Waals surface area contributed by atoms with Crippen molar-refractivity contribution in [1.82, 2.24) is 5.32 Å². The third-order valence-corrected chi connectivity index (χ3v) is 5.52. The molecule has 0 aliphatic carbocycles. The van der Waals surface area contributed by atoms with E-state index in [1.807, 2.05) is 55.5 Å². The number of benzene rings is 3. The summed E-state index contributed by atoms with van der Waals surface area (Å²) in [6, 6.07) is 24.3. The fourth-order valence-electron chi connectivity index (χ4n) is 3.41. The van der Waals surface area contributed by atoms with E-state index >= 15 is 0 Å². The number of thiocarbonyl (C=S) groups is 1. The van der Waals surface area contributed by atoms with Gasteiger partial charge in [0.2, 0.25) is 5.91 Å². The minimum absolute atomic E-state index is 0.0188. The van der Waals surface area contributed by atoms with E-state index in [4.69, 9.17) is 17.0 Å². The Hall–Kier alpha value is -4.04. The van der Waals surface area contributed by atoms with E-state index in [-0.39, 0.29) is 29.8 Å². The number of ether oxygens (including phenoxy) is 1. The molecule has 8 heteroatoms. The Balaban J connectivity index is 1.33. The van der Waals surface area contributed by atoms with Gasteiger partial charge in [-0.25, -0.2) is 0 Å².